The van der Waals surface area contributed by atoms with E-state index in [4.69, 9.17) is 4.74 Å². The van der Waals surface area contributed by atoms with Gasteiger partial charge in [-0.2, -0.15) is 5.10 Å². The lowest BCUT2D eigenvalue weighted by atomic mass is 10.1. The topological polar surface area (TPSA) is 85.6 Å². The highest BCUT2D eigenvalue weighted by Gasteiger charge is 2.19. The van der Waals surface area contributed by atoms with Crippen LogP contribution >= 0.6 is 0 Å². The van der Waals surface area contributed by atoms with E-state index in [0.29, 0.717) is 12.1 Å². The molecule has 2 heterocycles. The highest BCUT2D eigenvalue weighted by Crippen LogP contribution is 2.17. The summed E-state index contributed by atoms with van der Waals surface area (Å²) in [7, 11) is 0. The number of carbonyl (C=O) groups excluding carboxylic acids is 2. The number of esters is 1. The molecule has 0 saturated heterocycles. The first-order valence-electron chi connectivity index (χ1n) is 9.33. The highest BCUT2D eigenvalue weighted by atomic mass is 19.1. The van der Waals surface area contributed by atoms with Crippen LogP contribution in [0.1, 0.15) is 36.0 Å². The molecule has 0 radical (unpaired) electrons. The first-order valence-corrected chi connectivity index (χ1v) is 9.33. The van der Waals surface area contributed by atoms with Gasteiger partial charge in [-0.25, -0.2) is 13.9 Å². The van der Waals surface area contributed by atoms with Crippen LogP contribution in [0, 0.1) is 26.6 Å². The number of ether oxygens (including phenoxy) is 1. The van der Waals surface area contributed by atoms with Gasteiger partial charge in [0.1, 0.15) is 5.82 Å². The van der Waals surface area contributed by atoms with E-state index >= 15 is 0 Å². The summed E-state index contributed by atoms with van der Waals surface area (Å²) in [5, 5.41) is 7.00. The summed E-state index contributed by atoms with van der Waals surface area (Å²) in [6.45, 7) is 7.23. The third-order valence-corrected chi connectivity index (χ3v) is 4.65. The molecule has 2 aromatic heterocycles. The second kappa shape index (κ2) is 8.38. The lowest BCUT2D eigenvalue weighted by molar-refractivity contribution is -0.153. The first-order chi connectivity index (χ1) is 13.7. The van der Waals surface area contributed by atoms with E-state index in [1.54, 1.807) is 4.52 Å². The summed E-state index contributed by atoms with van der Waals surface area (Å²) in [4.78, 5) is 28.9. The second-order valence-corrected chi connectivity index (χ2v) is 6.95. The monoisotopic (exact) mass is 398 g/mol. The number of fused-ring (bicyclic) bond motifs is 1. The number of benzene rings is 1. The van der Waals surface area contributed by atoms with Crippen LogP contribution in [0.2, 0.25) is 0 Å². The van der Waals surface area contributed by atoms with E-state index in [0.717, 1.165) is 28.3 Å². The fraction of sp³-hybridized carbons (Fsp3) is 0.333. The maximum Gasteiger partial charge on any atom is 0.306 e. The number of carbonyl (C=O) groups is 2. The van der Waals surface area contributed by atoms with Gasteiger partial charge in [0.05, 0.1) is 5.69 Å². The molecule has 0 bridgehead atoms. The van der Waals surface area contributed by atoms with Crippen LogP contribution < -0.4 is 5.32 Å². The van der Waals surface area contributed by atoms with Crippen LogP contribution in [-0.2, 0) is 20.7 Å². The van der Waals surface area contributed by atoms with Crippen LogP contribution in [0.25, 0.3) is 5.65 Å². The van der Waals surface area contributed by atoms with Crippen LogP contribution in [0.5, 0.6) is 0 Å². The van der Waals surface area contributed by atoms with Crippen molar-refractivity contribution in [2.45, 2.75) is 46.6 Å². The van der Waals surface area contributed by atoms with Crippen molar-refractivity contribution in [3.63, 3.8) is 0 Å². The minimum Gasteiger partial charge on any atom is -0.453 e. The Morgan fingerprint density at radius 2 is 1.90 bits per heavy atom. The molecule has 0 fully saturated rings. The summed E-state index contributed by atoms with van der Waals surface area (Å²) < 4.78 is 19.9. The molecule has 1 atom stereocenters. The fourth-order valence-electron chi connectivity index (χ4n) is 3.12. The quantitative estimate of drug-likeness (QED) is 0.644. The van der Waals surface area contributed by atoms with E-state index in [1.807, 2.05) is 26.8 Å². The predicted molar refractivity (Wildman–Crippen MR) is 106 cm³/mol. The van der Waals surface area contributed by atoms with Gasteiger partial charge in [0.2, 0.25) is 0 Å². The van der Waals surface area contributed by atoms with Gasteiger partial charge < -0.3 is 10.1 Å². The molecule has 0 saturated carbocycles. The Morgan fingerprint density at radius 3 is 2.59 bits per heavy atom. The van der Waals surface area contributed by atoms with Gasteiger partial charge in [-0.3, -0.25) is 9.59 Å². The van der Waals surface area contributed by atoms with E-state index < -0.39 is 23.8 Å². The molecule has 3 rings (SSSR count). The lowest BCUT2D eigenvalue weighted by Gasteiger charge is -2.14. The molecule has 8 heteroatoms. The normalized spacial score (nSPS) is 12.0. The molecule has 3 aromatic rings. The average Bonchev–Trinajstić information content (AvgIpc) is 3.03. The van der Waals surface area contributed by atoms with E-state index in [-0.39, 0.29) is 6.42 Å². The summed E-state index contributed by atoms with van der Waals surface area (Å²) in [5.41, 5.74) is 4.77. The standard InChI is InChI=1S/C21H23FN4O3/c1-12-11-19-23-13(2)18(14(3)26(19)25-12)9-10-20(27)29-15(4)21(28)24-17-7-5-16(22)6-8-17/h5-8,11,15H,9-10H2,1-4H3,(H,24,28)/t15-/m1/s1. The van der Waals surface area contributed by atoms with Crippen molar-refractivity contribution in [1.29, 1.82) is 0 Å². The second-order valence-electron chi connectivity index (χ2n) is 6.95. The van der Waals surface area contributed by atoms with Gasteiger partial charge in [0.15, 0.2) is 11.8 Å². The van der Waals surface area contributed by atoms with E-state index in [1.165, 1.54) is 31.2 Å². The number of rotatable bonds is 6. The first kappa shape index (κ1) is 20.4. The SMILES string of the molecule is Cc1cc2nc(C)c(CCC(=O)O[C@H](C)C(=O)Nc3ccc(F)cc3)c(C)n2n1. The molecule has 1 aromatic carbocycles. The van der Waals surface area contributed by atoms with Gasteiger partial charge in [-0.15, -0.1) is 0 Å². The smallest absolute Gasteiger partial charge is 0.306 e. The predicted octanol–water partition coefficient (Wildman–Crippen LogP) is 3.30. The molecule has 0 spiro atoms. The Morgan fingerprint density at radius 1 is 1.21 bits per heavy atom. The highest BCUT2D eigenvalue weighted by molar-refractivity contribution is 5.95. The number of hydrogen-bond donors (Lipinski definition) is 1. The largest absolute Gasteiger partial charge is 0.453 e. The summed E-state index contributed by atoms with van der Waals surface area (Å²) in [6.07, 6.45) is -0.419. The Balaban J connectivity index is 1.58. The number of halogens is 1. The number of aromatic nitrogens is 3. The van der Waals surface area contributed by atoms with Crippen molar-refractivity contribution in [3.05, 3.63) is 58.8 Å². The van der Waals surface area contributed by atoms with Gasteiger partial charge in [-0.1, -0.05) is 0 Å². The van der Waals surface area contributed by atoms with Crippen LogP contribution in [0.3, 0.4) is 0 Å². The third kappa shape index (κ3) is 4.77. The van der Waals surface area contributed by atoms with Crippen LogP contribution in [0.4, 0.5) is 10.1 Å². The Hall–Kier alpha value is -3.29. The van der Waals surface area contributed by atoms with Crippen molar-refractivity contribution >= 4 is 23.2 Å². The maximum atomic E-state index is 12.9. The number of hydrogen-bond acceptors (Lipinski definition) is 5. The molecule has 7 nitrogen and oxygen atoms in total. The lowest BCUT2D eigenvalue weighted by Crippen LogP contribution is -2.30. The van der Waals surface area contributed by atoms with E-state index in [2.05, 4.69) is 15.4 Å². The molecule has 1 N–H and O–H groups in total. The zero-order valence-corrected chi connectivity index (χ0v) is 16.8. The molecule has 152 valence electrons. The molecule has 0 aliphatic heterocycles. The van der Waals surface area contributed by atoms with Crippen molar-refractivity contribution in [3.8, 4) is 0 Å². The van der Waals surface area contributed by atoms with Crippen molar-refractivity contribution in [2.75, 3.05) is 5.32 Å². The molecule has 0 unspecified atom stereocenters. The van der Waals surface area contributed by atoms with Gasteiger partial charge in [0.25, 0.3) is 5.91 Å². The molecular formula is C21H23FN4O3. The number of amides is 1. The summed E-state index contributed by atoms with van der Waals surface area (Å²) in [5.74, 6) is -1.36. The molecular weight excluding hydrogens is 375 g/mol. The Kier molecular flexibility index (Phi) is 5.91. The minimum absolute atomic E-state index is 0.114. The number of aryl methyl sites for hydroxylation is 3. The zero-order chi connectivity index (χ0) is 21.1. The number of nitrogens with zero attached hydrogens (tertiary/aromatic N) is 3. The summed E-state index contributed by atoms with van der Waals surface area (Å²) >= 11 is 0. The maximum absolute atomic E-state index is 12.9. The molecule has 29 heavy (non-hydrogen) atoms. The molecule has 1 amide bonds. The molecule has 0 aliphatic carbocycles. The third-order valence-electron chi connectivity index (χ3n) is 4.65. The van der Waals surface area contributed by atoms with Crippen LogP contribution in [-0.4, -0.2) is 32.6 Å². The van der Waals surface area contributed by atoms with Crippen molar-refractivity contribution in [2.24, 2.45) is 0 Å². The minimum atomic E-state index is -0.968. The van der Waals surface area contributed by atoms with E-state index in [9.17, 15) is 14.0 Å². The zero-order valence-electron chi connectivity index (χ0n) is 16.8. The Bertz CT molecular complexity index is 1060. The van der Waals surface area contributed by atoms with Gasteiger partial charge in [-0.05, 0) is 63.9 Å². The van der Waals surface area contributed by atoms with Crippen LogP contribution in [0.15, 0.2) is 30.3 Å². The molecule has 0 aliphatic rings. The fourth-order valence-corrected chi connectivity index (χ4v) is 3.12. The summed E-state index contributed by atoms with van der Waals surface area (Å²) in [6, 6.07) is 7.26. The Labute approximate surface area is 167 Å². The number of nitrogens with one attached hydrogen (secondary N) is 1. The average molecular weight is 398 g/mol. The van der Waals surface area contributed by atoms with Crippen molar-refractivity contribution in [1.82, 2.24) is 14.6 Å². The van der Waals surface area contributed by atoms with Gasteiger partial charge >= 0.3 is 5.97 Å². The number of anilines is 1. The van der Waals surface area contributed by atoms with Gasteiger partial charge in [0, 0.05) is 29.6 Å². The van der Waals surface area contributed by atoms with Crippen molar-refractivity contribution < 1.29 is 18.7 Å².